The smallest absolute Gasteiger partial charge is 0.224 e. The first-order valence-corrected chi connectivity index (χ1v) is 7.49. The van der Waals surface area contributed by atoms with E-state index in [-0.39, 0.29) is 11.1 Å². The molecule has 0 saturated carbocycles. The number of rotatable bonds is 7. The normalized spacial score (nSPS) is 14.0. The average molecular weight is 274 g/mol. The molecule has 0 aliphatic carbocycles. The maximum atomic E-state index is 13.4. The lowest BCUT2D eigenvalue weighted by Crippen LogP contribution is -2.16. The monoisotopic (exact) mass is 274 g/mol. The van der Waals surface area contributed by atoms with Gasteiger partial charge in [0.1, 0.15) is 0 Å². The number of nitrogens with one attached hydrogen (secondary N) is 2. The van der Waals surface area contributed by atoms with E-state index in [1.54, 1.807) is 6.26 Å². The van der Waals surface area contributed by atoms with Gasteiger partial charge in [-0.25, -0.2) is 9.37 Å². The van der Waals surface area contributed by atoms with Crippen molar-refractivity contribution >= 4 is 22.6 Å². The van der Waals surface area contributed by atoms with Gasteiger partial charge in [0.15, 0.2) is 11.6 Å². The molecule has 2 unspecified atom stereocenters. The highest BCUT2D eigenvalue weighted by Gasteiger charge is 2.08. The zero-order valence-corrected chi connectivity index (χ0v) is 11.7. The zero-order chi connectivity index (χ0) is 13.5. The fraction of sp³-hybridized carbons (Fsp3) is 0.636. The van der Waals surface area contributed by atoms with E-state index in [2.05, 4.69) is 20.6 Å². The predicted molar refractivity (Wildman–Crippen MR) is 72.8 cm³/mol. The van der Waals surface area contributed by atoms with Crippen LogP contribution in [0.2, 0.25) is 0 Å². The van der Waals surface area contributed by atoms with Gasteiger partial charge < -0.3 is 10.6 Å². The summed E-state index contributed by atoms with van der Waals surface area (Å²) in [4.78, 5) is 7.83. The standard InChI is InChI=1S/C11H19FN4OS/c1-4-13-11-15-7-9(12)10(16-11)14-6-5-8(2)18(3)17/h7-8H,4-6H2,1-3H3,(H2,13,14,15,16). The number of aromatic nitrogens is 2. The van der Waals surface area contributed by atoms with Crippen molar-refractivity contribution in [2.75, 3.05) is 30.0 Å². The van der Waals surface area contributed by atoms with Crippen LogP contribution in [0.5, 0.6) is 0 Å². The third kappa shape index (κ3) is 4.56. The van der Waals surface area contributed by atoms with Gasteiger partial charge in [0, 0.05) is 35.4 Å². The summed E-state index contributed by atoms with van der Waals surface area (Å²) in [6, 6.07) is 0. The Morgan fingerprint density at radius 1 is 1.50 bits per heavy atom. The highest BCUT2D eigenvalue weighted by atomic mass is 32.2. The third-order valence-electron chi connectivity index (χ3n) is 2.49. The van der Waals surface area contributed by atoms with E-state index in [0.29, 0.717) is 25.5 Å². The second-order valence-corrected chi connectivity index (χ2v) is 5.75. The Kier molecular flexibility index (Phi) is 5.97. The van der Waals surface area contributed by atoms with Crippen LogP contribution in [0, 0.1) is 5.82 Å². The molecule has 2 N–H and O–H groups in total. The van der Waals surface area contributed by atoms with E-state index >= 15 is 0 Å². The summed E-state index contributed by atoms with van der Waals surface area (Å²) in [5.41, 5.74) is 0. The lowest BCUT2D eigenvalue weighted by Gasteiger charge is -2.11. The molecule has 1 aromatic rings. The fourth-order valence-corrected chi connectivity index (χ4v) is 1.74. The Balaban J connectivity index is 2.55. The van der Waals surface area contributed by atoms with Crippen LogP contribution in [0.3, 0.4) is 0 Å². The molecule has 0 spiro atoms. The Morgan fingerprint density at radius 2 is 2.22 bits per heavy atom. The first-order chi connectivity index (χ1) is 8.54. The van der Waals surface area contributed by atoms with Crippen molar-refractivity contribution in [2.24, 2.45) is 0 Å². The largest absolute Gasteiger partial charge is 0.367 e. The third-order valence-corrected chi connectivity index (χ3v) is 3.86. The molecule has 0 radical (unpaired) electrons. The SMILES string of the molecule is CCNc1ncc(F)c(NCCC(C)S(C)=O)n1. The first kappa shape index (κ1) is 14.8. The predicted octanol–water partition coefficient (Wildman–Crippen LogP) is 1.62. The molecule has 0 amide bonds. The van der Waals surface area contributed by atoms with Crippen molar-refractivity contribution in [1.29, 1.82) is 0 Å². The van der Waals surface area contributed by atoms with Crippen molar-refractivity contribution in [2.45, 2.75) is 25.5 Å². The topological polar surface area (TPSA) is 66.9 Å². The second kappa shape index (κ2) is 7.25. The van der Waals surface area contributed by atoms with Crippen molar-refractivity contribution < 1.29 is 8.60 Å². The Morgan fingerprint density at radius 3 is 2.83 bits per heavy atom. The molecule has 102 valence electrons. The molecule has 5 nitrogen and oxygen atoms in total. The summed E-state index contributed by atoms with van der Waals surface area (Å²) >= 11 is 0. The van der Waals surface area contributed by atoms with Gasteiger partial charge in [-0.05, 0) is 13.3 Å². The number of nitrogens with zero attached hydrogens (tertiary/aromatic N) is 2. The van der Waals surface area contributed by atoms with Gasteiger partial charge in [-0.3, -0.25) is 4.21 Å². The lowest BCUT2D eigenvalue weighted by molar-refractivity contribution is 0.616. The zero-order valence-electron chi connectivity index (χ0n) is 10.9. The van der Waals surface area contributed by atoms with Gasteiger partial charge in [-0.15, -0.1) is 0 Å². The lowest BCUT2D eigenvalue weighted by atomic mass is 10.3. The average Bonchev–Trinajstić information content (AvgIpc) is 2.33. The summed E-state index contributed by atoms with van der Waals surface area (Å²) in [5, 5.41) is 5.89. The van der Waals surface area contributed by atoms with Crippen LogP contribution in [-0.2, 0) is 10.8 Å². The van der Waals surface area contributed by atoms with E-state index in [0.717, 1.165) is 6.20 Å². The molecule has 18 heavy (non-hydrogen) atoms. The fourth-order valence-electron chi connectivity index (χ4n) is 1.29. The van der Waals surface area contributed by atoms with Crippen molar-refractivity contribution in [3.05, 3.63) is 12.0 Å². The molecule has 2 atom stereocenters. The van der Waals surface area contributed by atoms with Crippen molar-refractivity contribution in [3.63, 3.8) is 0 Å². The van der Waals surface area contributed by atoms with Crippen LogP contribution in [0.1, 0.15) is 20.3 Å². The number of hydrogen-bond acceptors (Lipinski definition) is 5. The number of halogens is 1. The van der Waals surface area contributed by atoms with Gasteiger partial charge >= 0.3 is 0 Å². The Hall–Kier alpha value is -1.24. The Labute approximate surface area is 109 Å². The highest BCUT2D eigenvalue weighted by Crippen LogP contribution is 2.12. The molecule has 0 aliphatic rings. The number of anilines is 2. The quantitative estimate of drug-likeness (QED) is 0.791. The van der Waals surface area contributed by atoms with Gasteiger partial charge in [-0.2, -0.15) is 4.98 Å². The summed E-state index contributed by atoms with van der Waals surface area (Å²) in [5.74, 6) is 0.0884. The molecule has 1 aromatic heterocycles. The van der Waals surface area contributed by atoms with Gasteiger partial charge in [0.25, 0.3) is 0 Å². The van der Waals surface area contributed by atoms with Crippen molar-refractivity contribution in [3.8, 4) is 0 Å². The minimum absolute atomic E-state index is 0.0793. The molecule has 0 saturated heterocycles. The van der Waals surface area contributed by atoms with Gasteiger partial charge in [0.2, 0.25) is 5.95 Å². The first-order valence-electron chi connectivity index (χ1n) is 5.87. The molecule has 1 rings (SSSR count). The van der Waals surface area contributed by atoms with Crippen LogP contribution >= 0.6 is 0 Å². The van der Waals surface area contributed by atoms with Crippen LogP contribution < -0.4 is 10.6 Å². The van der Waals surface area contributed by atoms with E-state index in [1.165, 1.54) is 0 Å². The molecule has 1 heterocycles. The number of hydrogen-bond donors (Lipinski definition) is 2. The van der Waals surface area contributed by atoms with Gasteiger partial charge in [0.05, 0.1) is 6.20 Å². The summed E-state index contributed by atoms with van der Waals surface area (Å²) < 4.78 is 24.6. The molecule has 0 aliphatic heterocycles. The maximum absolute atomic E-state index is 13.4. The van der Waals surface area contributed by atoms with Crippen LogP contribution in [0.25, 0.3) is 0 Å². The van der Waals surface area contributed by atoms with Crippen LogP contribution in [-0.4, -0.2) is 38.8 Å². The van der Waals surface area contributed by atoms with E-state index < -0.39 is 16.6 Å². The maximum Gasteiger partial charge on any atom is 0.224 e. The second-order valence-electron chi connectivity index (χ2n) is 3.95. The molecule has 0 aromatic carbocycles. The minimum Gasteiger partial charge on any atom is -0.367 e. The molecule has 0 fully saturated rings. The summed E-state index contributed by atoms with van der Waals surface area (Å²) in [7, 11) is -0.860. The van der Waals surface area contributed by atoms with Crippen LogP contribution in [0.15, 0.2) is 6.20 Å². The Bertz CT molecular complexity index is 416. The summed E-state index contributed by atoms with van der Waals surface area (Å²) in [6.45, 7) is 5.02. The van der Waals surface area contributed by atoms with Crippen molar-refractivity contribution in [1.82, 2.24) is 9.97 Å². The molecular formula is C11H19FN4OS. The molecular weight excluding hydrogens is 255 g/mol. The highest BCUT2D eigenvalue weighted by molar-refractivity contribution is 7.84. The van der Waals surface area contributed by atoms with E-state index in [9.17, 15) is 8.60 Å². The van der Waals surface area contributed by atoms with Gasteiger partial charge in [-0.1, -0.05) is 6.92 Å². The van der Waals surface area contributed by atoms with E-state index in [1.807, 2.05) is 13.8 Å². The summed E-state index contributed by atoms with van der Waals surface area (Å²) in [6.07, 6.45) is 3.50. The van der Waals surface area contributed by atoms with Crippen LogP contribution in [0.4, 0.5) is 16.2 Å². The van der Waals surface area contributed by atoms with E-state index in [4.69, 9.17) is 0 Å². The minimum atomic E-state index is -0.860. The molecule has 7 heteroatoms. The molecule has 0 bridgehead atoms.